The van der Waals surface area contributed by atoms with Gasteiger partial charge in [-0.2, -0.15) is 0 Å². The monoisotopic (exact) mass is 497 g/mol. The molecule has 0 radical (unpaired) electrons. The Morgan fingerprint density at radius 2 is 1.69 bits per heavy atom. The summed E-state index contributed by atoms with van der Waals surface area (Å²) in [7, 11) is 2.14. The third-order valence-electron chi connectivity index (χ3n) is 7.21. The number of hydrogen-bond acceptors (Lipinski definition) is 4. The zero-order valence-electron chi connectivity index (χ0n) is 20.2. The van der Waals surface area contributed by atoms with Crippen LogP contribution in [0.2, 0.25) is 5.02 Å². The molecule has 0 bridgehead atoms. The van der Waals surface area contributed by atoms with Crippen molar-refractivity contribution in [2.75, 3.05) is 54.9 Å². The maximum atomic E-state index is 13.3. The topological polar surface area (TPSA) is 51.7 Å². The summed E-state index contributed by atoms with van der Waals surface area (Å²) in [6.07, 6.45) is 2.62. The number of benzene rings is 3. The molecule has 6 rings (SSSR count). The van der Waals surface area contributed by atoms with Gasteiger partial charge in [0, 0.05) is 55.6 Å². The quantitative estimate of drug-likeness (QED) is 0.383. The fourth-order valence-electron chi connectivity index (χ4n) is 5.16. The number of piperazine rings is 1. The molecule has 0 aliphatic carbocycles. The van der Waals surface area contributed by atoms with Gasteiger partial charge in [-0.05, 0) is 54.9 Å². The normalized spacial score (nSPS) is 15.8. The summed E-state index contributed by atoms with van der Waals surface area (Å²) in [5.74, 6) is 0. The van der Waals surface area contributed by atoms with Crippen molar-refractivity contribution < 1.29 is 4.79 Å². The molecule has 3 aromatic carbocycles. The van der Waals surface area contributed by atoms with Crippen LogP contribution in [-0.2, 0) is 6.42 Å². The van der Waals surface area contributed by atoms with E-state index in [1.54, 1.807) is 0 Å². The van der Waals surface area contributed by atoms with Gasteiger partial charge in [0.25, 0.3) is 0 Å². The molecule has 1 aromatic heterocycles. The second kappa shape index (κ2) is 9.45. The number of fused-ring (bicyclic) bond motifs is 2. The minimum absolute atomic E-state index is 0.125. The fourth-order valence-corrected chi connectivity index (χ4v) is 5.46. The van der Waals surface area contributed by atoms with Gasteiger partial charge in [-0.15, -0.1) is 0 Å². The molecule has 0 spiro atoms. The van der Waals surface area contributed by atoms with E-state index >= 15 is 0 Å². The number of aromatic nitrogens is 1. The molecule has 4 aromatic rings. The van der Waals surface area contributed by atoms with Crippen molar-refractivity contribution in [3.05, 3.63) is 83.5 Å². The maximum absolute atomic E-state index is 13.3. The van der Waals surface area contributed by atoms with E-state index in [1.807, 2.05) is 53.6 Å². The molecule has 3 heterocycles. The number of carbonyl (C=O) groups excluding carboxylic acids is 1. The third-order valence-corrected chi connectivity index (χ3v) is 7.52. The minimum atomic E-state index is -0.125. The number of amides is 2. The summed E-state index contributed by atoms with van der Waals surface area (Å²) >= 11 is 6.66. The van der Waals surface area contributed by atoms with Crippen LogP contribution in [0, 0.1) is 0 Å². The highest BCUT2D eigenvalue weighted by atomic mass is 35.5. The van der Waals surface area contributed by atoms with Gasteiger partial charge in [-0.1, -0.05) is 48.0 Å². The van der Waals surface area contributed by atoms with E-state index in [-0.39, 0.29) is 6.03 Å². The van der Waals surface area contributed by atoms with E-state index in [0.717, 1.165) is 82.3 Å². The number of para-hydroxylation sites is 1. The first-order chi connectivity index (χ1) is 17.6. The highest BCUT2D eigenvalue weighted by molar-refractivity contribution is 6.33. The summed E-state index contributed by atoms with van der Waals surface area (Å²) in [5, 5.41) is 4.95. The predicted molar refractivity (Wildman–Crippen MR) is 148 cm³/mol. The SMILES string of the molecule is CN1CCN(c2cc3c(cc2Cl)CCN3C(=O)Nc2ccc(-c3cccc4cccnc34)cc2)CC1. The zero-order chi connectivity index (χ0) is 24.6. The molecule has 0 unspecified atom stereocenters. The number of pyridine rings is 1. The number of rotatable bonds is 3. The van der Waals surface area contributed by atoms with Gasteiger partial charge in [0.1, 0.15) is 0 Å². The molecule has 1 saturated heterocycles. The van der Waals surface area contributed by atoms with Crippen molar-refractivity contribution in [3.63, 3.8) is 0 Å². The highest BCUT2D eigenvalue weighted by Crippen LogP contribution is 2.38. The Bertz CT molecular complexity index is 1420. The van der Waals surface area contributed by atoms with Crippen LogP contribution in [0.4, 0.5) is 21.9 Å². The zero-order valence-corrected chi connectivity index (χ0v) is 21.0. The van der Waals surface area contributed by atoms with Crippen molar-refractivity contribution in [2.45, 2.75) is 6.42 Å². The van der Waals surface area contributed by atoms with Crippen LogP contribution in [0.15, 0.2) is 72.9 Å². The molecule has 2 aliphatic heterocycles. The number of halogens is 1. The lowest BCUT2D eigenvalue weighted by Gasteiger charge is -2.35. The molecule has 182 valence electrons. The van der Waals surface area contributed by atoms with Crippen molar-refractivity contribution in [1.82, 2.24) is 9.88 Å². The van der Waals surface area contributed by atoms with E-state index in [4.69, 9.17) is 11.6 Å². The number of urea groups is 1. The van der Waals surface area contributed by atoms with Gasteiger partial charge in [0.15, 0.2) is 0 Å². The Hall–Kier alpha value is -3.61. The maximum Gasteiger partial charge on any atom is 0.326 e. The Labute approximate surface area is 216 Å². The average molecular weight is 498 g/mol. The molecule has 1 fully saturated rings. The molecular formula is C29H28ClN5O. The average Bonchev–Trinajstić information content (AvgIpc) is 3.32. The lowest BCUT2D eigenvalue weighted by atomic mass is 10.0. The van der Waals surface area contributed by atoms with Crippen LogP contribution in [0.1, 0.15) is 5.56 Å². The van der Waals surface area contributed by atoms with Crippen molar-refractivity contribution in [2.24, 2.45) is 0 Å². The molecule has 2 aliphatic rings. The second-order valence-corrected chi connectivity index (χ2v) is 9.92. The van der Waals surface area contributed by atoms with Gasteiger partial charge < -0.3 is 15.1 Å². The summed E-state index contributed by atoms with van der Waals surface area (Å²) in [4.78, 5) is 24.3. The Morgan fingerprint density at radius 3 is 2.50 bits per heavy atom. The highest BCUT2D eigenvalue weighted by Gasteiger charge is 2.28. The van der Waals surface area contributed by atoms with Crippen molar-refractivity contribution in [3.8, 4) is 11.1 Å². The van der Waals surface area contributed by atoms with E-state index < -0.39 is 0 Å². The van der Waals surface area contributed by atoms with Gasteiger partial charge in [-0.3, -0.25) is 9.88 Å². The van der Waals surface area contributed by atoms with Crippen LogP contribution in [-0.4, -0.2) is 55.7 Å². The minimum Gasteiger partial charge on any atom is -0.368 e. The molecule has 1 N–H and O–H groups in total. The van der Waals surface area contributed by atoms with Crippen LogP contribution >= 0.6 is 11.6 Å². The lowest BCUT2D eigenvalue weighted by Crippen LogP contribution is -2.44. The summed E-state index contributed by atoms with van der Waals surface area (Å²) in [6.45, 7) is 4.51. The Kier molecular flexibility index (Phi) is 5.99. The molecule has 0 saturated carbocycles. The van der Waals surface area contributed by atoms with Crippen LogP contribution in [0.3, 0.4) is 0 Å². The standard InChI is InChI=1S/C29H28ClN5O/c1-33-14-16-34(17-15-33)27-19-26-22(18-25(27)30)11-13-35(26)29(36)32-23-9-7-20(8-10-23)24-6-2-4-21-5-3-12-31-28(21)24/h2-10,12,18-19H,11,13-17H2,1H3,(H,32,36). The number of anilines is 3. The van der Waals surface area contributed by atoms with Crippen LogP contribution in [0.25, 0.3) is 22.0 Å². The smallest absolute Gasteiger partial charge is 0.326 e. The van der Waals surface area contributed by atoms with Gasteiger partial charge in [-0.25, -0.2) is 4.79 Å². The van der Waals surface area contributed by atoms with Crippen LogP contribution < -0.4 is 15.1 Å². The van der Waals surface area contributed by atoms with Gasteiger partial charge in [0.05, 0.1) is 21.9 Å². The number of likely N-dealkylation sites (N-methyl/N-ethyl adjacent to an activating group) is 1. The second-order valence-electron chi connectivity index (χ2n) is 9.51. The molecule has 7 heteroatoms. The first kappa shape index (κ1) is 22.8. The molecule has 36 heavy (non-hydrogen) atoms. The fraction of sp³-hybridized carbons (Fsp3) is 0.241. The molecular weight excluding hydrogens is 470 g/mol. The predicted octanol–water partition coefficient (Wildman–Crippen LogP) is 5.90. The largest absolute Gasteiger partial charge is 0.368 e. The number of carbonyl (C=O) groups is 1. The van der Waals surface area contributed by atoms with Crippen molar-refractivity contribution in [1.29, 1.82) is 0 Å². The number of nitrogens with zero attached hydrogens (tertiary/aromatic N) is 4. The summed E-state index contributed by atoms with van der Waals surface area (Å²) < 4.78 is 0. The van der Waals surface area contributed by atoms with Gasteiger partial charge in [0.2, 0.25) is 0 Å². The molecule has 2 amide bonds. The first-order valence-corrected chi connectivity index (χ1v) is 12.7. The summed E-state index contributed by atoms with van der Waals surface area (Å²) in [6, 6.07) is 22.2. The Morgan fingerprint density at radius 1 is 0.917 bits per heavy atom. The van der Waals surface area contributed by atoms with E-state index in [1.165, 1.54) is 0 Å². The first-order valence-electron chi connectivity index (χ1n) is 12.4. The van der Waals surface area contributed by atoms with Gasteiger partial charge >= 0.3 is 6.03 Å². The van der Waals surface area contributed by atoms with Crippen molar-refractivity contribution >= 4 is 45.6 Å². The third kappa shape index (κ3) is 4.27. The van der Waals surface area contributed by atoms with Crippen LogP contribution in [0.5, 0.6) is 0 Å². The lowest BCUT2D eigenvalue weighted by molar-refractivity contribution is 0.257. The Balaban J connectivity index is 1.21. The summed E-state index contributed by atoms with van der Waals surface area (Å²) in [5.41, 5.74) is 6.95. The number of nitrogens with one attached hydrogen (secondary N) is 1. The number of hydrogen-bond donors (Lipinski definition) is 1. The van der Waals surface area contributed by atoms with E-state index in [2.05, 4.69) is 51.4 Å². The van der Waals surface area contributed by atoms with E-state index in [9.17, 15) is 4.79 Å². The van der Waals surface area contributed by atoms with E-state index in [0.29, 0.717) is 6.54 Å². The molecule has 6 nitrogen and oxygen atoms in total. The molecule has 0 atom stereocenters.